The highest BCUT2D eigenvalue weighted by Gasteiger charge is 1.98. The van der Waals surface area contributed by atoms with Crippen LogP contribution in [0.2, 0.25) is 0 Å². The molecule has 0 fully saturated rings. The Balaban J connectivity index is 2.45. The highest BCUT2D eigenvalue weighted by Crippen LogP contribution is 2.18. The zero-order valence-corrected chi connectivity index (χ0v) is 9.26. The Labute approximate surface area is 86.3 Å². The Morgan fingerprint density at radius 3 is 2.79 bits per heavy atom. The minimum atomic E-state index is 0.783. The van der Waals surface area contributed by atoms with E-state index >= 15 is 0 Å². The van der Waals surface area contributed by atoms with Crippen LogP contribution in [0.1, 0.15) is 17.5 Å². The second-order valence-corrected chi connectivity index (χ2v) is 3.57. The Bertz CT molecular complexity index is 284. The number of hydrogen-bond acceptors (Lipinski definition) is 2. The van der Waals surface area contributed by atoms with Gasteiger partial charge in [-0.1, -0.05) is 12.1 Å². The monoisotopic (exact) mass is 193 g/mol. The molecule has 0 aliphatic carbocycles. The van der Waals surface area contributed by atoms with Crippen molar-refractivity contribution in [2.45, 2.75) is 20.3 Å². The third-order valence-corrected chi connectivity index (χ3v) is 2.17. The van der Waals surface area contributed by atoms with E-state index in [-0.39, 0.29) is 0 Å². The van der Waals surface area contributed by atoms with Crippen molar-refractivity contribution in [3.05, 3.63) is 29.3 Å². The van der Waals surface area contributed by atoms with Crippen molar-refractivity contribution in [2.24, 2.45) is 0 Å². The van der Waals surface area contributed by atoms with Crippen LogP contribution in [0.5, 0.6) is 5.75 Å². The molecular weight excluding hydrogens is 174 g/mol. The standard InChI is InChI=1S/C12H19NO/c1-10-5-6-11(2)12(9-10)14-8-4-7-13-3/h5-6,9,13H,4,7-8H2,1-3H3. The van der Waals surface area contributed by atoms with Crippen molar-refractivity contribution in [1.29, 1.82) is 0 Å². The van der Waals surface area contributed by atoms with Crippen molar-refractivity contribution in [1.82, 2.24) is 5.32 Å². The molecule has 2 heteroatoms. The van der Waals surface area contributed by atoms with Gasteiger partial charge in [0.25, 0.3) is 0 Å². The van der Waals surface area contributed by atoms with Crippen LogP contribution in [0.15, 0.2) is 18.2 Å². The molecule has 0 aliphatic rings. The molecule has 1 aromatic rings. The van der Waals surface area contributed by atoms with Gasteiger partial charge in [0.1, 0.15) is 5.75 Å². The summed E-state index contributed by atoms with van der Waals surface area (Å²) < 4.78 is 5.68. The normalized spacial score (nSPS) is 10.2. The molecule has 1 N–H and O–H groups in total. The van der Waals surface area contributed by atoms with Crippen LogP contribution in [-0.4, -0.2) is 20.2 Å². The largest absolute Gasteiger partial charge is 0.493 e. The maximum Gasteiger partial charge on any atom is 0.122 e. The quantitative estimate of drug-likeness (QED) is 0.724. The van der Waals surface area contributed by atoms with Crippen LogP contribution in [0.3, 0.4) is 0 Å². The molecule has 0 aliphatic heterocycles. The van der Waals surface area contributed by atoms with Gasteiger partial charge in [-0.05, 0) is 51.1 Å². The molecule has 0 saturated carbocycles. The first-order chi connectivity index (χ1) is 6.74. The van der Waals surface area contributed by atoms with Crippen LogP contribution < -0.4 is 10.1 Å². The van der Waals surface area contributed by atoms with E-state index in [1.165, 1.54) is 11.1 Å². The molecule has 0 radical (unpaired) electrons. The Kier molecular flexibility index (Phi) is 4.47. The number of benzene rings is 1. The Hall–Kier alpha value is -1.02. The average molecular weight is 193 g/mol. The molecule has 2 nitrogen and oxygen atoms in total. The molecule has 1 rings (SSSR count). The van der Waals surface area contributed by atoms with Gasteiger partial charge in [-0.25, -0.2) is 0 Å². The predicted molar refractivity (Wildman–Crippen MR) is 60.0 cm³/mol. The molecule has 0 spiro atoms. The summed E-state index contributed by atoms with van der Waals surface area (Å²) in [6, 6.07) is 6.30. The van der Waals surface area contributed by atoms with E-state index in [4.69, 9.17) is 4.74 Å². The van der Waals surface area contributed by atoms with Crippen molar-refractivity contribution >= 4 is 0 Å². The minimum Gasteiger partial charge on any atom is -0.493 e. The summed E-state index contributed by atoms with van der Waals surface area (Å²) in [4.78, 5) is 0. The van der Waals surface area contributed by atoms with Crippen LogP contribution in [0, 0.1) is 13.8 Å². The Morgan fingerprint density at radius 1 is 1.29 bits per heavy atom. The summed E-state index contributed by atoms with van der Waals surface area (Å²) in [6.45, 7) is 5.95. The van der Waals surface area contributed by atoms with Gasteiger partial charge < -0.3 is 10.1 Å². The van der Waals surface area contributed by atoms with Gasteiger partial charge in [0.05, 0.1) is 6.61 Å². The number of ether oxygens (including phenoxy) is 1. The maximum absolute atomic E-state index is 5.68. The molecule has 1 aromatic carbocycles. The summed E-state index contributed by atoms with van der Waals surface area (Å²) in [5.74, 6) is 1.01. The lowest BCUT2D eigenvalue weighted by molar-refractivity contribution is 0.307. The summed E-state index contributed by atoms with van der Waals surface area (Å²) in [5, 5.41) is 3.10. The van der Waals surface area contributed by atoms with Gasteiger partial charge in [-0.2, -0.15) is 0 Å². The number of aryl methyl sites for hydroxylation is 2. The number of hydrogen-bond donors (Lipinski definition) is 1. The second kappa shape index (κ2) is 5.66. The highest BCUT2D eigenvalue weighted by atomic mass is 16.5. The van der Waals surface area contributed by atoms with Gasteiger partial charge in [-0.3, -0.25) is 0 Å². The fourth-order valence-corrected chi connectivity index (χ4v) is 1.29. The zero-order chi connectivity index (χ0) is 10.4. The van der Waals surface area contributed by atoms with E-state index in [2.05, 4.69) is 37.4 Å². The fraction of sp³-hybridized carbons (Fsp3) is 0.500. The maximum atomic E-state index is 5.68. The first kappa shape index (κ1) is 11.1. The smallest absolute Gasteiger partial charge is 0.122 e. The molecule has 0 saturated heterocycles. The second-order valence-electron chi connectivity index (χ2n) is 3.57. The van der Waals surface area contributed by atoms with Gasteiger partial charge >= 0.3 is 0 Å². The lowest BCUT2D eigenvalue weighted by atomic mass is 10.1. The fourth-order valence-electron chi connectivity index (χ4n) is 1.29. The zero-order valence-electron chi connectivity index (χ0n) is 9.26. The van der Waals surface area contributed by atoms with E-state index in [9.17, 15) is 0 Å². The summed E-state index contributed by atoms with van der Waals surface area (Å²) in [5.41, 5.74) is 2.46. The van der Waals surface area contributed by atoms with E-state index < -0.39 is 0 Å². The SMILES string of the molecule is CNCCCOc1cc(C)ccc1C. The van der Waals surface area contributed by atoms with Crippen molar-refractivity contribution in [3.8, 4) is 5.75 Å². The summed E-state index contributed by atoms with van der Waals surface area (Å²) >= 11 is 0. The van der Waals surface area contributed by atoms with Gasteiger partial charge in [-0.15, -0.1) is 0 Å². The van der Waals surface area contributed by atoms with Crippen molar-refractivity contribution in [2.75, 3.05) is 20.2 Å². The van der Waals surface area contributed by atoms with Crippen LogP contribution in [0.4, 0.5) is 0 Å². The predicted octanol–water partition coefficient (Wildman–Crippen LogP) is 2.29. The molecule has 0 amide bonds. The molecule has 78 valence electrons. The van der Waals surface area contributed by atoms with E-state index in [0.717, 1.165) is 25.3 Å². The third kappa shape index (κ3) is 3.38. The van der Waals surface area contributed by atoms with Gasteiger partial charge in [0.2, 0.25) is 0 Å². The molecule has 14 heavy (non-hydrogen) atoms. The van der Waals surface area contributed by atoms with Gasteiger partial charge in [0, 0.05) is 0 Å². The minimum absolute atomic E-state index is 0.783. The van der Waals surface area contributed by atoms with Crippen molar-refractivity contribution < 1.29 is 4.74 Å². The topological polar surface area (TPSA) is 21.3 Å². The molecule has 0 atom stereocenters. The molecule has 0 heterocycles. The molecule has 0 aromatic heterocycles. The number of rotatable bonds is 5. The lowest BCUT2D eigenvalue weighted by Gasteiger charge is -2.09. The van der Waals surface area contributed by atoms with Crippen LogP contribution in [-0.2, 0) is 0 Å². The third-order valence-electron chi connectivity index (χ3n) is 2.17. The van der Waals surface area contributed by atoms with Gasteiger partial charge in [0.15, 0.2) is 0 Å². The Morgan fingerprint density at radius 2 is 2.07 bits per heavy atom. The first-order valence-electron chi connectivity index (χ1n) is 5.08. The van der Waals surface area contributed by atoms with E-state index in [1.807, 2.05) is 7.05 Å². The summed E-state index contributed by atoms with van der Waals surface area (Å²) in [7, 11) is 1.96. The molecular formula is C12H19NO. The molecule has 0 bridgehead atoms. The van der Waals surface area contributed by atoms with Crippen LogP contribution >= 0.6 is 0 Å². The first-order valence-corrected chi connectivity index (χ1v) is 5.08. The number of nitrogens with one attached hydrogen (secondary N) is 1. The van der Waals surface area contributed by atoms with Crippen molar-refractivity contribution in [3.63, 3.8) is 0 Å². The van der Waals surface area contributed by atoms with E-state index in [0.29, 0.717) is 0 Å². The van der Waals surface area contributed by atoms with Crippen LogP contribution in [0.25, 0.3) is 0 Å². The summed E-state index contributed by atoms with van der Waals surface area (Å²) in [6.07, 6.45) is 1.05. The molecule has 0 unspecified atom stereocenters. The lowest BCUT2D eigenvalue weighted by Crippen LogP contribution is -2.11. The van der Waals surface area contributed by atoms with E-state index in [1.54, 1.807) is 0 Å². The highest BCUT2D eigenvalue weighted by molar-refractivity contribution is 5.35. The average Bonchev–Trinajstić information content (AvgIpc) is 2.18.